The third kappa shape index (κ3) is 3.62. The number of carbonyl (C=O) groups excluding carboxylic acids is 1. The van der Waals surface area contributed by atoms with Gasteiger partial charge >= 0.3 is 6.03 Å². The van der Waals surface area contributed by atoms with Crippen molar-refractivity contribution in [2.75, 3.05) is 18.4 Å². The van der Waals surface area contributed by atoms with Gasteiger partial charge in [-0.2, -0.15) is 0 Å². The summed E-state index contributed by atoms with van der Waals surface area (Å²) < 4.78 is 2.04. The minimum atomic E-state index is -0.428. The summed E-state index contributed by atoms with van der Waals surface area (Å²) in [6.45, 7) is 5.13. The number of urea groups is 1. The Morgan fingerprint density at radius 3 is 2.88 bits per heavy atom. The van der Waals surface area contributed by atoms with Crippen molar-refractivity contribution in [3.05, 3.63) is 52.6 Å². The highest BCUT2D eigenvalue weighted by atomic mass is 16.6. The largest absolute Gasteiger partial charge is 0.332 e. The van der Waals surface area contributed by atoms with Crippen molar-refractivity contribution < 1.29 is 9.72 Å². The number of anilines is 1. The second kappa shape index (κ2) is 6.92. The van der Waals surface area contributed by atoms with Gasteiger partial charge in [-0.05, 0) is 31.4 Å². The summed E-state index contributed by atoms with van der Waals surface area (Å²) >= 11 is 0. The lowest BCUT2D eigenvalue weighted by Gasteiger charge is -2.37. The summed E-state index contributed by atoms with van der Waals surface area (Å²) in [6.07, 6.45) is 6.35. The van der Waals surface area contributed by atoms with Gasteiger partial charge in [0.25, 0.3) is 5.69 Å². The van der Waals surface area contributed by atoms with E-state index in [0.717, 1.165) is 6.42 Å². The lowest BCUT2D eigenvalue weighted by Crippen LogP contribution is -2.45. The Hall–Kier alpha value is -2.90. The van der Waals surface area contributed by atoms with Gasteiger partial charge < -0.3 is 14.8 Å². The summed E-state index contributed by atoms with van der Waals surface area (Å²) in [5.41, 5.74) is 1.13. The van der Waals surface area contributed by atoms with Crippen molar-refractivity contribution in [3.8, 4) is 0 Å². The van der Waals surface area contributed by atoms with E-state index in [4.69, 9.17) is 0 Å². The fourth-order valence-corrected chi connectivity index (χ4v) is 3.23. The fraction of sp³-hybridized carbons (Fsp3) is 0.412. The second-order valence-corrected chi connectivity index (χ2v) is 6.48. The van der Waals surface area contributed by atoms with Gasteiger partial charge in [-0.3, -0.25) is 10.1 Å². The van der Waals surface area contributed by atoms with E-state index in [1.165, 1.54) is 6.07 Å². The highest BCUT2D eigenvalue weighted by molar-refractivity contribution is 5.89. The molecule has 1 N–H and O–H groups in total. The van der Waals surface area contributed by atoms with Crippen LogP contribution in [0.4, 0.5) is 16.2 Å². The number of benzene rings is 1. The molecule has 1 aliphatic rings. The quantitative estimate of drug-likeness (QED) is 0.684. The van der Waals surface area contributed by atoms with Gasteiger partial charge in [0, 0.05) is 42.8 Å². The first-order valence-electron chi connectivity index (χ1n) is 8.24. The first kappa shape index (κ1) is 16.9. The van der Waals surface area contributed by atoms with Crippen LogP contribution in [-0.4, -0.2) is 38.5 Å². The van der Waals surface area contributed by atoms with Crippen LogP contribution in [-0.2, 0) is 0 Å². The molecule has 2 aromatic rings. The fourth-order valence-electron chi connectivity index (χ4n) is 3.23. The maximum absolute atomic E-state index is 12.6. The number of imidazole rings is 1. The Kier molecular flexibility index (Phi) is 4.69. The molecule has 25 heavy (non-hydrogen) atoms. The highest BCUT2D eigenvalue weighted by Crippen LogP contribution is 2.28. The van der Waals surface area contributed by atoms with Crippen molar-refractivity contribution in [2.45, 2.75) is 26.3 Å². The van der Waals surface area contributed by atoms with E-state index >= 15 is 0 Å². The molecule has 1 fully saturated rings. The number of aromatic nitrogens is 2. The van der Waals surface area contributed by atoms with Crippen LogP contribution in [0.2, 0.25) is 0 Å². The zero-order chi connectivity index (χ0) is 18.0. The molecule has 0 radical (unpaired) electrons. The minimum Gasteiger partial charge on any atom is -0.332 e. The highest BCUT2D eigenvalue weighted by Gasteiger charge is 2.30. The molecule has 3 rings (SSSR count). The molecule has 0 saturated carbocycles. The average Bonchev–Trinajstić information content (AvgIpc) is 3.09. The number of nitrogens with one attached hydrogen (secondary N) is 1. The van der Waals surface area contributed by atoms with Gasteiger partial charge in [0.05, 0.1) is 17.3 Å². The molecule has 1 aromatic heterocycles. The number of nitro groups is 1. The van der Waals surface area contributed by atoms with E-state index in [0.29, 0.717) is 30.3 Å². The number of amides is 2. The van der Waals surface area contributed by atoms with Gasteiger partial charge in [-0.1, -0.05) is 6.92 Å². The Labute approximate surface area is 145 Å². The van der Waals surface area contributed by atoms with Gasteiger partial charge in [0.2, 0.25) is 0 Å². The number of rotatable bonds is 3. The van der Waals surface area contributed by atoms with Crippen molar-refractivity contribution in [1.82, 2.24) is 14.5 Å². The van der Waals surface area contributed by atoms with Crippen LogP contribution in [0.1, 0.15) is 24.9 Å². The van der Waals surface area contributed by atoms with Crippen molar-refractivity contribution in [3.63, 3.8) is 0 Å². The van der Waals surface area contributed by atoms with E-state index in [1.807, 2.05) is 10.8 Å². The average molecular weight is 343 g/mol. The molecular formula is C17H21N5O3. The van der Waals surface area contributed by atoms with Crippen molar-refractivity contribution >= 4 is 17.4 Å². The smallest absolute Gasteiger partial charge is 0.321 e. The van der Waals surface area contributed by atoms with Crippen LogP contribution >= 0.6 is 0 Å². The molecule has 132 valence electrons. The van der Waals surface area contributed by atoms with Gasteiger partial charge in [-0.15, -0.1) is 0 Å². The summed E-state index contributed by atoms with van der Waals surface area (Å²) in [7, 11) is 0. The lowest BCUT2D eigenvalue weighted by molar-refractivity contribution is -0.385. The van der Waals surface area contributed by atoms with Crippen molar-refractivity contribution in [2.24, 2.45) is 5.92 Å². The SMILES string of the molecule is Cc1cc(NC(=O)N2CC[C@H](C)[C@@H](n3ccnc3)C2)ccc1[N+](=O)[O-]. The van der Waals surface area contributed by atoms with Crippen LogP contribution in [0.15, 0.2) is 36.9 Å². The van der Waals surface area contributed by atoms with Gasteiger partial charge in [0.1, 0.15) is 0 Å². The molecular weight excluding hydrogens is 322 g/mol. The second-order valence-electron chi connectivity index (χ2n) is 6.48. The number of hydrogen-bond donors (Lipinski definition) is 1. The topological polar surface area (TPSA) is 93.3 Å². The zero-order valence-electron chi connectivity index (χ0n) is 14.3. The van der Waals surface area contributed by atoms with E-state index in [9.17, 15) is 14.9 Å². The molecule has 8 heteroatoms. The molecule has 1 aromatic carbocycles. The monoisotopic (exact) mass is 343 g/mol. The summed E-state index contributed by atoms with van der Waals surface area (Å²) in [5.74, 6) is 0.458. The van der Waals surface area contributed by atoms with Gasteiger partial charge in [-0.25, -0.2) is 9.78 Å². The standard InChI is InChI=1S/C17H21N5O3/c1-12-5-7-20(10-16(12)21-8-6-18-11-21)17(23)19-14-3-4-15(22(24)25)13(2)9-14/h3-4,6,8-9,11-12,16H,5,7,10H2,1-2H3,(H,19,23)/t12-,16-/m0/s1. The molecule has 1 aliphatic heterocycles. The summed E-state index contributed by atoms with van der Waals surface area (Å²) in [5, 5.41) is 13.7. The number of piperidine rings is 1. The van der Waals surface area contributed by atoms with Crippen LogP contribution in [0.3, 0.4) is 0 Å². The molecule has 8 nitrogen and oxygen atoms in total. The molecule has 0 bridgehead atoms. The maximum atomic E-state index is 12.6. The Morgan fingerprint density at radius 2 is 2.24 bits per heavy atom. The van der Waals surface area contributed by atoms with E-state index < -0.39 is 4.92 Å². The number of nitrogens with zero attached hydrogens (tertiary/aromatic N) is 4. The van der Waals surface area contributed by atoms with Crippen LogP contribution < -0.4 is 5.32 Å². The molecule has 2 atom stereocenters. The number of aryl methyl sites for hydroxylation is 1. The van der Waals surface area contributed by atoms with Crippen LogP contribution in [0, 0.1) is 23.0 Å². The van der Waals surface area contributed by atoms with Crippen molar-refractivity contribution in [1.29, 1.82) is 0 Å². The number of hydrogen-bond acceptors (Lipinski definition) is 4. The normalized spacial score (nSPS) is 20.3. The maximum Gasteiger partial charge on any atom is 0.321 e. The summed E-state index contributed by atoms with van der Waals surface area (Å²) in [6, 6.07) is 4.60. The Morgan fingerprint density at radius 1 is 1.44 bits per heavy atom. The Bertz CT molecular complexity index is 775. The molecule has 0 aliphatic carbocycles. The minimum absolute atomic E-state index is 0.0463. The van der Waals surface area contributed by atoms with Crippen LogP contribution in [0.25, 0.3) is 0 Å². The van der Waals surface area contributed by atoms with Gasteiger partial charge in [0.15, 0.2) is 0 Å². The molecule has 0 spiro atoms. The Balaban J connectivity index is 1.69. The predicted octanol–water partition coefficient (Wildman–Crippen LogP) is 3.21. The zero-order valence-corrected chi connectivity index (χ0v) is 14.3. The van der Waals surface area contributed by atoms with Crippen LogP contribution in [0.5, 0.6) is 0 Å². The lowest BCUT2D eigenvalue weighted by atomic mass is 9.93. The number of nitro benzene ring substituents is 1. The summed E-state index contributed by atoms with van der Waals surface area (Å²) in [4.78, 5) is 28.9. The predicted molar refractivity (Wildman–Crippen MR) is 93.5 cm³/mol. The molecule has 2 heterocycles. The molecule has 2 amide bonds. The third-order valence-corrected chi connectivity index (χ3v) is 4.76. The molecule has 0 unspecified atom stereocenters. The first-order chi connectivity index (χ1) is 12.0. The first-order valence-corrected chi connectivity index (χ1v) is 8.24. The van der Waals surface area contributed by atoms with E-state index in [1.54, 1.807) is 36.5 Å². The molecule has 1 saturated heterocycles. The van der Waals surface area contributed by atoms with E-state index in [-0.39, 0.29) is 17.8 Å². The number of carbonyl (C=O) groups is 1. The van der Waals surface area contributed by atoms with E-state index in [2.05, 4.69) is 17.2 Å². The number of likely N-dealkylation sites (tertiary alicyclic amines) is 1. The third-order valence-electron chi connectivity index (χ3n) is 4.76.